The summed E-state index contributed by atoms with van der Waals surface area (Å²) in [7, 11) is 0. The Morgan fingerprint density at radius 3 is 2.28 bits per heavy atom. The molecule has 128 valence electrons. The average molecular weight is 353 g/mol. The van der Waals surface area contributed by atoms with Crippen molar-refractivity contribution < 1.29 is 0 Å². The molecule has 0 bridgehead atoms. The first kappa shape index (κ1) is 17.2. The van der Waals surface area contributed by atoms with Crippen LogP contribution in [0.4, 0.5) is 11.8 Å². The van der Waals surface area contributed by atoms with Gasteiger partial charge in [-0.3, -0.25) is 0 Å². The monoisotopic (exact) mass is 352 g/mol. The Labute approximate surface area is 153 Å². The first-order valence-electron chi connectivity index (χ1n) is 8.23. The van der Waals surface area contributed by atoms with Gasteiger partial charge in [-0.05, 0) is 36.6 Å². The van der Waals surface area contributed by atoms with E-state index in [4.69, 9.17) is 11.6 Å². The second-order valence-electron chi connectivity index (χ2n) is 5.94. The lowest BCUT2D eigenvalue weighted by Crippen LogP contribution is -2.08. The molecule has 3 aromatic rings. The van der Waals surface area contributed by atoms with Gasteiger partial charge in [-0.15, -0.1) is 0 Å². The number of anilines is 2. The lowest BCUT2D eigenvalue weighted by Gasteiger charge is -2.11. The number of aromatic nitrogens is 2. The van der Waals surface area contributed by atoms with E-state index >= 15 is 0 Å². The normalized spacial score (nSPS) is 10.5. The van der Waals surface area contributed by atoms with E-state index in [0.29, 0.717) is 19.0 Å². The van der Waals surface area contributed by atoms with Gasteiger partial charge in [0.2, 0.25) is 5.95 Å². The van der Waals surface area contributed by atoms with Crippen molar-refractivity contribution >= 4 is 23.4 Å². The second kappa shape index (κ2) is 7.99. The molecule has 2 N–H and O–H groups in total. The number of nitrogens with one attached hydrogen (secondary N) is 2. The van der Waals surface area contributed by atoms with Gasteiger partial charge in [0.25, 0.3) is 0 Å². The van der Waals surface area contributed by atoms with E-state index in [1.807, 2.05) is 49.4 Å². The van der Waals surface area contributed by atoms with Gasteiger partial charge < -0.3 is 10.6 Å². The van der Waals surface area contributed by atoms with Crippen LogP contribution >= 0.6 is 11.6 Å². The van der Waals surface area contributed by atoms with E-state index in [1.54, 1.807) is 0 Å². The molecule has 5 heteroatoms. The Kier molecular flexibility index (Phi) is 5.51. The molecule has 1 heterocycles. The van der Waals surface area contributed by atoms with Gasteiger partial charge in [-0.2, -0.15) is 4.98 Å². The maximum Gasteiger partial charge on any atom is 0.225 e. The maximum atomic E-state index is 6.20. The lowest BCUT2D eigenvalue weighted by atomic mass is 10.1. The summed E-state index contributed by atoms with van der Waals surface area (Å²) < 4.78 is 0. The fraction of sp³-hybridized carbons (Fsp3) is 0.200. The number of rotatable bonds is 6. The van der Waals surface area contributed by atoms with Crippen LogP contribution in [0, 0.1) is 13.8 Å². The minimum atomic E-state index is 0.616. The number of hydrogen-bond donors (Lipinski definition) is 2. The summed E-state index contributed by atoms with van der Waals surface area (Å²) in [5, 5.41) is 7.37. The van der Waals surface area contributed by atoms with Gasteiger partial charge in [0.05, 0.1) is 0 Å². The van der Waals surface area contributed by atoms with Gasteiger partial charge in [0.1, 0.15) is 5.82 Å². The summed E-state index contributed by atoms with van der Waals surface area (Å²) in [6.45, 7) is 5.37. The third-order valence-electron chi connectivity index (χ3n) is 3.97. The minimum Gasteiger partial charge on any atom is -0.366 e. The Morgan fingerprint density at radius 1 is 0.840 bits per heavy atom. The highest BCUT2D eigenvalue weighted by molar-refractivity contribution is 6.31. The van der Waals surface area contributed by atoms with E-state index in [0.717, 1.165) is 22.1 Å². The Hall–Kier alpha value is -2.59. The van der Waals surface area contributed by atoms with Crippen LogP contribution < -0.4 is 10.6 Å². The van der Waals surface area contributed by atoms with E-state index < -0.39 is 0 Å². The quantitative estimate of drug-likeness (QED) is 0.657. The van der Waals surface area contributed by atoms with Crippen LogP contribution in [0.25, 0.3) is 0 Å². The maximum absolute atomic E-state index is 6.20. The lowest BCUT2D eigenvalue weighted by molar-refractivity contribution is 1.01. The molecule has 3 rings (SSSR count). The van der Waals surface area contributed by atoms with Crippen LogP contribution in [0.5, 0.6) is 0 Å². The SMILES string of the molecule is Cc1cc(NCc2ccccc2Cl)nc(NCc2ccccc2C)n1. The van der Waals surface area contributed by atoms with Crippen LogP contribution in [0.3, 0.4) is 0 Å². The minimum absolute atomic E-state index is 0.616. The summed E-state index contributed by atoms with van der Waals surface area (Å²) in [6.07, 6.45) is 0. The molecular weight excluding hydrogens is 332 g/mol. The first-order chi connectivity index (χ1) is 12.1. The molecule has 0 spiro atoms. The van der Waals surface area contributed by atoms with Crippen molar-refractivity contribution in [2.75, 3.05) is 10.6 Å². The van der Waals surface area contributed by atoms with Gasteiger partial charge in [0.15, 0.2) is 0 Å². The molecule has 0 amide bonds. The standard InChI is InChI=1S/C20H21ClN4/c1-14-7-3-4-8-16(14)12-23-20-24-15(2)11-19(25-20)22-13-17-9-5-6-10-18(17)21/h3-11H,12-13H2,1-2H3,(H2,22,23,24,25). The second-order valence-corrected chi connectivity index (χ2v) is 6.35. The van der Waals surface area contributed by atoms with E-state index in [9.17, 15) is 0 Å². The molecule has 0 aliphatic rings. The van der Waals surface area contributed by atoms with Gasteiger partial charge in [-0.25, -0.2) is 4.98 Å². The van der Waals surface area contributed by atoms with Crippen LogP contribution in [-0.2, 0) is 13.1 Å². The average Bonchev–Trinajstić information content (AvgIpc) is 2.60. The summed E-state index contributed by atoms with van der Waals surface area (Å²) in [6, 6.07) is 18.0. The number of hydrogen-bond acceptors (Lipinski definition) is 4. The fourth-order valence-corrected chi connectivity index (χ4v) is 2.75. The molecule has 0 aliphatic heterocycles. The van der Waals surface area contributed by atoms with Crippen molar-refractivity contribution in [1.82, 2.24) is 9.97 Å². The van der Waals surface area contributed by atoms with Crippen molar-refractivity contribution in [3.63, 3.8) is 0 Å². The molecule has 0 fully saturated rings. The van der Waals surface area contributed by atoms with E-state index in [2.05, 4.69) is 39.7 Å². The Morgan fingerprint density at radius 2 is 1.52 bits per heavy atom. The molecule has 0 unspecified atom stereocenters. The highest BCUT2D eigenvalue weighted by Gasteiger charge is 2.05. The molecule has 4 nitrogen and oxygen atoms in total. The highest BCUT2D eigenvalue weighted by atomic mass is 35.5. The van der Waals surface area contributed by atoms with Crippen LogP contribution in [0.1, 0.15) is 22.4 Å². The van der Waals surface area contributed by atoms with Crippen molar-refractivity contribution in [2.45, 2.75) is 26.9 Å². The molecule has 0 radical (unpaired) electrons. The predicted molar refractivity (Wildman–Crippen MR) is 104 cm³/mol. The zero-order valence-electron chi connectivity index (χ0n) is 14.4. The van der Waals surface area contributed by atoms with Crippen LogP contribution in [0.2, 0.25) is 5.02 Å². The van der Waals surface area contributed by atoms with Crippen molar-refractivity contribution in [3.8, 4) is 0 Å². The number of halogens is 1. The molecule has 25 heavy (non-hydrogen) atoms. The number of nitrogens with zero attached hydrogens (tertiary/aromatic N) is 2. The number of aryl methyl sites for hydroxylation is 2. The van der Waals surface area contributed by atoms with E-state index in [1.165, 1.54) is 11.1 Å². The summed E-state index contributed by atoms with van der Waals surface area (Å²) in [5.41, 5.74) is 4.43. The number of benzene rings is 2. The largest absolute Gasteiger partial charge is 0.366 e. The van der Waals surface area contributed by atoms with Gasteiger partial charge >= 0.3 is 0 Å². The smallest absolute Gasteiger partial charge is 0.225 e. The molecule has 0 saturated carbocycles. The zero-order valence-corrected chi connectivity index (χ0v) is 15.1. The summed E-state index contributed by atoms with van der Waals surface area (Å²) >= 11 is 6.20. The predicted octanol–water partition coefficient (Wildman–Crippen LogP) is 4.97. The van der Waals surface area contributed by atoms with Crippen molar-refractivity contribution in [3.05, 3.63) is 82.0 Å². The molecule has 0 aliphatic carbocycles. The van der Waals surface area contributed by atoms with E-state index in [-0.39, 0.29) is 0 Å². The molecule has 0 atom stereocenters. The summed E-state index contributed by atoms with van der Waals surface area (Å²) in [5.74, 6) is 1.39. The van der Waals surface area contributed by atoms with Crippen LogP contribution in [-0.4, -0.2) is 9.97 Å². The Bertz CT molecular complexity index is 796. The van der Waals surface area contributed by atoms with Crippen molar-refractivity contribution in [1.29, 1.82) is 0 Å². The molecule has 0 saturated heterocycles. The molecule has 2 aromatic carbocycles. The highest BCUT2D eigenvalue weighted by Crippen LogP contribution is 2.17. The van der Waals surface area contributed by atoms with Gasteiger partial charge in [-0.1, -0.05) is 54.1 Å². The topological polar surface area (TPSA) is 49.8 Å². The van der Waals surface area contributed by atoms with Crippen LogP contribution in [0.15, 0.2) is 54.6 Å². The third-order valence-corrected chi connectivity index (χ3v) is 4.34. The third kappa shape index (κ3) is 4.70. The van der Waals surface area contributed by atoms with Gasteiger partial charge in [0, 0.05) is 29.9 Å². The fourth-order valence-electron chi connectivity index (χ4n) is 2.55. The molecular formula is C20H21ClN4. The van der Waals surface area contributed by atoms with Crippen molar-refractivity contribution in [2.24, 2.45) is 0 Å². The molecule has 1 aromatic heterocycles. The zero-order chi connectivity index (χ0) is 17.6. The summed E-state index contributed by atoms with van der Waals surface area (Å²) in [4.78, 5) is 9.01. The Balaban J connectivity index is 1.68. The first-order valence-corrected chi connectivity index (χ1v) is 8.61.